The van der Waals surface area contributed by atoms with Crippen molar-refractivity contribution in [3.8, 4) is 0 Å². The maximum Gasteiger partial charge on any atom is 0.115 e. The largest absolute Gasteiger partial charge is 1.00 e. The van der Waals surface area contributed by atoms with E-state index in [1.165, 1.54) is 12.8 Å². The number of rotatable bonds is 1. The summed E-state index contributed by atoms with van der Waals surface area (Å²) in [5.74, 6) is 0. The maximum atomic E-state index is 9.51. The number of aliphatic hydroxyl groups excluding tert-OH is 1. The lowest BCUT2D eigenvalue weighted by Crippen LogP contribution is -3.00. The average Bonchev–Trinajstić information content (AvgIpc) is 2.11. The first-order chi connectivity index (χ1) is 4.52. The zero-order valence-electron chi connectivity index (χ0n) is 7.55. The van der Waals surface area contributed by atoms with Crippen LogP contribution in [-0.2, 0) is 0 Å². The Kier molecular flexibility index (Phi) is 4.29. The molecular formula is C8H18INO. The Hall–Kier alpha value is 0.650. The first-order valence-corrected chi connectivity index (χ1v) is 4.01. The van der Waals surface area contributed by atoms with Crippen molar-refractivity contribution >= 4 is 0 Å². The predicted octanol–water partition coefficient (Wildman–Crippen LogP) is -2.39. The molecule has 0 saturated heterocycles. The van der Waals surface area contributed by atoms with Gasteiger partial charge in [0.15, 0.2) is 0 Å². The van der Waals surface area contributed by atoms with Gasteiger partial charge in [0.25, 0.3) is 0 Å². The van der Waals surface area contributed by atoms with Gasteiger partial charge in [-0.1, -0.05) is 0 Å². The van der Waals surface area contributed by atoms with E-state index in [0.717, 1.165) is 10.9 Å². The summed E-state index contributed by atoms with van der Waals surface area (Å²) in [5, 5.41) is 9.51. The van der Waals surface area contributed by atoms with E-state index in [-0.39, 0.29) is 30.1 Å². The van der Waals surface area contributed by atoms with Crippen molar-refractivity contribution in [2.45, 2.75) is 31.4 Å². The number of hydrogen-bond donors (Lipinski definition) is 1. The second-order valence-corrected chi connectivity index (χ2v) is 4.18. The molecule has 3 heteroatoms. The molecule has 0 aliphatic heterocycles. The summed E-state index contributed by atoms with van der Waals surface area (Å²) in [5.41, 5.74) is 0. The Morgan fingerprint density at radius 2 is 1.73 bits per heavy atom. The molecular weight excluding hydrogens is 253 g/mol. The Bertz CT molecular complexity index is 122. The molecule has 1 aliphatic rings. The lowest BCUT2D eigenvalue weighted by Gasteiger charge is -2.33. The van der Waals surface area contributed by atoms with Crippen LogP contribution in [0, 0.1) is 0 Å². The normalized spacial score (nSPS) is 31.6. The van der Waals surface area contributed by atoms with Crippen LogP contribution >= 0.6 is 0 Å². The molecule has 0 aromatic carbocycles. The molecule has 0 spiro atoms. The first kappa shape index (κ1) is 11.6. The van der Waals surface area contributed by atoms with Crippen LogP contribution in [0.25, 0.3) is 0 Å². The van der Waals surface area contributed by atoms with Gasteiger partial charge in [-0.05, 0) is 12.8 Å². The van der Waals surface area contributed by atoms with Gasteiger partial charge in [-0.2, -0.15) is 0 Å². The van der Waals surface area contributed by atoms with Gasteiger partial charge in [0.1, 0.15) is 12.1 Å². The highest BCUT2D eigenvalue weighted by Gasteiger charge is 2.35. The van der Waals surface area contributed by atoms with E-state index < -0.39 is 0 Å². The highest BCUT2D eigenvalue weighted by molar-refractivity contribution is 4.76. The van der Waals surface area contributed by atoms with Crippen LogP contribution in [0.5, 0.6) is 0 Å². The topological polar surface area (TPSA) is 20.2 Å². The van der Waals surface area contributed by atoms with E-state index in [9.17, 15) is 5.11 Å². The third-order valence-corrected chi connectivity index (χ3v) is 2.44. The summed E-state index contributed by atoms with van der Waals surface area (Å²) in [4.78, 5) is 0. The first-order valence-electron chi connectivity index (χ1n) is 4.01. The van der Waals surface area contributed by atoms with E-state index in [1.54, 1.807) is 0 Å². The smallest absolute Gasteiger partial charge is 0.115 e. The van der Waals surface area contributed by atoms with Crippen molar-refractivity contribution in [2.75, 3.05) is 21.1 Å². The Balaban J connectivity index is 0.000001000. The van der Waals surface area contributed by atoms with Crippen LogP contribution in [0.4, 0.5) is 0 Å². The molecule has 1 rings (SSSR count). The molecule has 0 bridgehead atoms. The van der Waals surface area contributed by atoms with Gasteiger partial charge in [-0.15, -0.1) is 0 Å². The van der Waals surface area contributed by atoms with Crippen LogP contribution in [0.1, 0.15) is 19.3 Å². The molecule has 68 valence electrons. The van der Waals surface area contributed by atoms with Gasteiger partial charge in [-0.25, -0.2) is 0 Å². The minimum atomic E-state index is -0.0556. The predicted molar refractivity (Wildman–Crippen MR) is 41.7 cm³/mol. The van der Waals surface area contributed by atoms with Gasteiger partial charge < -0.3 is 33.6 Å². The van der Waals surface area contributed by atoms with Crippen molar-refractivity contribution in [3.63, 3.8) is 0 Å². The van der Waals surface area contributed by atoms with Crippen LogP contribution in [0.15, 0.2) is 0 Å². The molecule has 1 aliphatic carbocycles. The third kappa shape index (κ3) is 2.87. The zero-order chi connectivity index (χ0) is 7.78. The minimum absolute atomic E-state index is 0. The fraction of sp³-hybridized carbons (Fsp3) is 1.00. The zero-order valence-corrected chi connectivity index (χ0v) is 9.71. The Morgan fingerprint density at radius 1 is 1.18 bits per heavy atom. The summed E-state index contributed by atoms with van der Waals surface area (Å²) in [6, 6.07) is 0.472. The number of hydrogen-bond acceptors (Lipinski definition) is 1. The highest BCUT2D eigenvalue weighted by Crippen LogP contribution is 2.25. The fourth-order valence-corrected chi connectivity index (χ4v) is 1.82. The maximum absolute atomic E-state index is 9.51. The molecule has 0 radical (unpaired) electrons. The number of nitrogens with zero attached hydrogens (tertiary/aromatic N) is 1. The highest BCUT2D eigenvalue weighted by atomic mass is 127. The van der Waals surface area contributed by atoms with Crippen molar-refractivity contribution < 1.29 is 33.6 Å². The second-order valence-electron chi connectivity index (χ2n) is 4.18. The Morgan fingerprint density at radius 3 is 1.91 bits per heavy atom. The second kappa shape index (κ2) is 4.05. The summed E-state index contributed by atoms with van der Waals surface area (Å²) in [6.45, 7) is 0. The molecule has 11 heavy (non-hydrogen) atoms. The van der Waals surface area contributed by atoms with Crippen molar-refractivity contribution in [3.05, 3.63) is 0 Å². The van der Waals surface area contributed by atoms with Gasteiger partial charge in [-0.3, -0.25) is 0 Å². The lowest BCUT2D eigenvalue weighted by atomic mass is 10.2. The number of quaternary nitrogens is 1. The number of likely N-dealkylation sites (N-methyl/N-ethyl adjacent to an activating group) is 1. The van der Waals surface area contributed by atoms with Gasteiger partial charge in [0, 0.05) is 6.42 Å². The van der Waals surface area contributed by atoms with E-state index in [4.69, 9.17) is 0 Å². The summed E-state index contributed by atoms with van der Waals surface area (Å²) in [7, 11) is 6.46. The molecule has 1 fully saturated rings. The molecule has 2 unspecified atom stereocenters. The van der Waals surface area contributed by atoms with E-state index in [1.807, 2.05) is 0 Å². The van der Waals surface area contributed by atoms with Crippen molar-refractivity contribution in [2.24, 2.45) is 0 Å². The van der Waals surface area contributed by atoms with Crippen molar-refractivity contribution in [1.82, 2.24) is 0 Å². The molecule has 1 saturated carbocycles. The monoisotopic (exact) mass is 271 g/mol. The molecule has 2 atom stereocenters. The molecule has 2 nitrogen and oxygen atoms in total. The molecule has 1 N–H and O–H groups in total. The van der Waals surface area contributed by atoms with Crippen molar-refractivity contribution in [1.29, 1.82) is 0 Å². The quantitative estimate of drug-likeness (QED) is 0.417. The van der Waals surface area contributed by atoms with Gasteiger partial charge >= 0.3 is 0 Å². The molecule has 0 aromatic rings. The number of aliphatic hydroxyl groups is 1. The fourth-order valence-electron chi connectivity index (χ4n) is 1.82. The lowest BCUT2D eigenvalue weighted by molar-refractivity contribution is -0.898. The van der Waals surface area contributed by atoms with Crippen LogP contribution in [-0.4, -0.2) is 42.9 Å². The molecule has 0 heterocycles. The third-order valence-electron chi connectivity index (χ3n) is 2.44. The van der Waals surface area contributed by atoms with Crippen LogP contribution in [0.2, 0.25) is 0 Å². The Labute approximate surface area is 86.2 Å². The standard InChI is InChI=1S/C8H18NO.HI/c1-9(2,3)7-5-4-6-8(7)10;/h7-8,10H,4-6H2,1-3H3;1H/q+1;/p-1. The van der Waals surface area contributed by atoms with Gasteiger partial charge in [0.2, 0.25) is 0 Å². The van der Waals surface area contributed by atoms with E-state index >= 15 is 0 Å². The summed E-state index contributed by atoms with van der Waals surface area (Å²) >= 11 is 0. The van der Waals surface area contributed by atoms with Crippen LogP contribution < -0.4 is 24.0 Å². The van der Waals surface area contributed by atoms with E-state index in [0.29, 0.717) is 6.04 Å². The molecule has 0 amide bonds. The summed E-state index contributed by atoms with van der Waals surface area (Å²) in [6.07, 6.45) is 3.33. The number of halogens is 1. The SMILES string of the molecule is C[N+](C)(C)C1CCCC1O.[I-]. The van der Waals surface area contributed by atoms with E-state index in [2.05, 4.69) is 21.1 Å². The average molecular weight is 271 g/mol. The van der Waals surface area contributed by atoms with Gasteiger partial charge in [0.05, 0.1) is 21.1 Å². The summed E-state index contributed by atoms with van der Waals surface area (Å²) < 4.78 is 0.904. The minimum Gasteiger partial charge on any atom is -1.00 e. The molecule has 0 aromatic heterocycles. The van der Waals surface area contributed by atoms with Crippen LogP contribution in [0.3, 0.4) is 0 Å².